The van der Waals surface area contributed by atoms with E-state index in [1.165, 1.54) is 5.57 Å². The molecule has 0 bridgehead atoms. The van der Waals surface area contributed by atoms with Gasteiger partial charge in [0, 0.05) is 12.2 Å². The van der Waals surface area contributed by atoms with E-state index in [0.29, 0.717) is 6.04 Å². The van der Waals surface area contributed by atoms with Gasteiger partial charge in [-0.05, 0) is 45.5 Å². The molecule has 3 heteroatoms. The van der Waals surface area contributed by atoms with Crippen molar-refractivity contribution in [2.24, 2.45) is 4.99 Å². The average Bonchev–Trinajstić information content (AvgIpc) is 2.67. The van der Waals surface area contributed by atoms with Crippen LogP contribution in [0.3, 0.4) is 0 Å². The van der Waals surface area contributed by atoms with Crippen LogP contribution in [-0.2, 0) is 0 Å². The number of hydrogen-bond acceptors (Lipinski definition) is 2. The Hall–Kier alpha value is -1.38. The van der Waals surface area contributed by atoms with E-state index in [-0.39, 0.29) is 0 Å². The molecule has 0 unspecified atom stereocenters. The summed E-state index contributed by atoms with van der Waals surface area (Å²) in [7, 11) is 0. The van der Waals surface area contributed by atoms with Gasteiger partial charge in [-0.2, -0.15) is 5.10 Å². The number of aromatic nitrogens is 2. The molecular weight excluding hydrogens is 186 g/mol. The second-order valence-corrected chi connectivity index (χ2v) is 3.90. The van der Waals surface area contributed by atoms with Gasteiger partial charge in [0.2, 0.25) is 0 Å². The zero-order chi connectivity index (χ0) is 11.4. The van der Waals surface area contributed by atoms with E-state index in [0.717, 1.165) is 17.8 Å². The zero-order valence-electron chi connectivity index (χ0n) is 9.99. The molecule has 0 aromatic carbocycles. The molecule has 0 saturated heterocycles. The molecule has 0 saturated carbocycles. The Morgan fingerprint density at radius 2 is 2.27 bits per heavy atom. The smallest absolute Gasteiger partial charge is 0.0868 e. The van der Waals surface area contributed by atoms with Crippen LogP contribution in [0, 0.1) is 0 Å². The Morgan fingerprint density at radius 3 is 2.73 bits per heavy atom. The van der Waals surface area contributed by atoms with E-state index in [1.54, 1.807) is 0 Å². The van der Waals surface area contributed by atoms with Crippen LogP contribution in [-0.4, -0.2) is 16.5 Å². The summed E-state index contributed by atoms with van der Waals surface area (Å²) in [6, 6.07) is 2.33. The highest BCUT2D eigenvalue weighted by atomic mass is 15.3. The van der Waals surface area contributed by atoms with Crippen LogP contribution in [0.4, 0.5) is 0 Å². The molecule has 1 aromatic heterocycles. The van der Waals surface area contributed by atoms with Gasteiger partial charge in [-0.25, -0.2) is 0 Å². The van der Waals surface area contributed by atoms with E-state index in [4.69, 9.17) is 0 Å². The minimum atomic E-state index is 0.344. The molecule has 0 amide bonds. The largest absolute Gasteiger partial charge is 0.262 e. The maximum Gasteiger partial charge on any atom is 0.0868 e. The van der Waals surface area contributed by atoms with Gasteiger partial charge < -0.3 is 0 Å². The molecule has 0 atom stereocenters. The molecule has 82 valence electrons. The van der Waals surface area contributed by atoms with Crippen LogP contribution in [0.2, 0.25) is 0 Å². The van der Waals surface area contributed by atoms with Crippen LogP contribution in [0.25, 0.3) is 5.70 Å². The number of rotatable bonds is 4. The summed E-state index contributed by atoms with van der Waals surface area (Å²) < 4.78 is 1.98. The molecule has 1 rings (SSSR count). The van der Waals surface area contributed by atoms with Gasteiger partial charge in [0.15, 0.2) is 0 Å². The van der Waals surface area contributed by atoms with E-state index in [1.807, 2.05) is 16.9 Å². The molecule has 1 aromatic rings. The van der Waals surface area contributed by atoms with Gasteiger partial charge >= 0.3 is 0 Å². The maximum atomic E-state index is 4.30. The first-order chi connectivity index (χ1) is 7.11. The summed E-state index contributed by atoms with van der Waals surface area (Å²) >= 11 is 0. The minimum absolute atomic E-state index is 0.344. The van der Waals surface area contributed by atoms with Gasteiger partial charge in [0.05, 0.1) is 11.4 Å². The van der Waals surface area contributed by atoms with Crippen LogP contribution < -0.4 is 0 Å². The fourth-order valence-corrected chi connectivity index (χ4v) is 1.52. The number of nitrogens with zero attached hydrogens (tertiary/aromatic N) is 3. The van der Waals surface area contributed by atoms with E-state index in [9.17, 15) is 0 Å². The first-order valence-corrected chi connectivity index (χ1v) is 5.32. The lowest BCUT2D eigenvalue weighted by molar-refractivity contribution is 0.526. The highest BCUT2D eigenvalue weighted by Crippen LogP contribution is 2.23. The third kappa shape index (κ3) is 2.35. The monoisotopic (exact) mass is 205 g/mol. The number of aliphatic imine (C=N–C) groups is 1. The first-order valence-electron chi connectivity index (χ1n) is 5.32. The summed E-state index contributed by atoms with van der Waals surface area (Å²) in [5, 5.41) is 4.30. The third-order valence-electron chi connectivity index (χ3n) is 2.49. The van der Waals surface area contributed by atoms with Gasteiger partial charge in [-0.15, -0.1) is 0 Å². The molecule has 0 aliphatic carbocycles. The molecule has 0 aliphatic rings. The van der Waals surface area contributed by atoms with Gasteiger partial charge in [0.25, 0.3) is 0 Å². The lowest BCUT2D eigenvalue weighted by Crippen LogP contribution is -2.07. The molecule has 0 N–H and O–H groups in total. The molecule has 0 fully saturated rings. The van der Waals surface area contributed by atoms with E-state index >= 15 is 0 Å². The topological polar surface area (TPSA) is 30.2 Å². The highest BCUT2D eigenvalue weighted by molar-refractivity contribution is 5.68. The lowest BCUT2D eigenvalue weighted by Gasteiger charge is -2.12. The Morgan fingerprint density at radius 1 is 1.60 bits per heavy atom. The van der Waals surface area contributed by atoms with Crippen molar-refractivity contribution < 1.29 is 0 Å². The molecule has 0 aliphatic heterocycles. The zero-order valence-corrected chi connectivity index (χ0v) is 9.99. The summed E-state index contributed by atoms with van der Waals surface area (Å²) in [5.74, 6) is 0. The summed E-state index contributed by atoms with van der Waals surface area (Å²) in [6.45, 7) is 12.1. The fraction of sp³-hybridized carbons (Fsp3) is 0.500. The summed E-state index contributed by atoms with van der Waals surface area (Å²) in [4.78, 5) is 4.11. The normalized spacial score (nSPS) is 12.9. The molecule has 15 heavy (non-hydrogen) atoms. The standard InChI is InChI=1S/C12H19N3/c1-6-10(4)12(13-5)11-7-8-14-15(11)9(2)3/h7-9H,5-6H2,1-4H3/b12-10+. The number of allylic oxidation sites excluding steroid dienone is 1. The lowest BCUT2D eigenvalue weighted by atomic mass is 10.1. The Bertz CT molecular complexity index is 372. The van der Waals surface area contributed by atoms with Crippen molar-refractivity contribution in [2.45, 2.75) is 40.2 Å². The van der Waals surface area contributed by atoms with E-state index < -0.39 is 0 Å². The molecule has 1 heterocycles. The minimum Gasteiger partial charge on any atom is -0.262 e. The van der Waals surface area contributed by atoms with Crippen molar-refractivity contribution in [1.82, 2.24) is 9.78 Å². The molecule has 0 radical (unpaired) electrons. The van der Waals surface area contributed by atoms with Crippen molar-refractivity contribution in [3.8, 4) is 0 Å². The number of hydrogen-bond donors (Lipinski definition) is 0. The van der Waals surface area contributed by atoms with Gasteiger partial charge in [-0.3, -0.25) is 9.67 Å². The van der Waals surface area contributed by atoms with Gasteiger partial charge in [-0.1, -0.05) is 6.92 Å². The Balaban J connectivity index is 3.25. The van der Waals surface area contributed by atoms with Crippen LogP contribution >= 0.6 is 0 Å². The Labute approximate surface area is 91.5 Å². The maximum absolute atomic E-state index is 4.30. The Kier molecular flexibility index (Phi) is 3.83. The molecular formula is C12H19N3. The first kappa shape index (κ1) is 11.7. The van der Waals surface area contributed by atoms with Gasteiger partial charge in [0.1, 0.15) is 0 Å². The molecule has 3 nitrogen and oxygen atoms in total. The predicted molar refractivity (Wildman–Crippen MR) is 65.0 cm³/mol. The van der Waals surface area contributed by atoms with Crippen molar-refractivity contribution in [3.63, 3.8) is 0 Å². The van der Waals surface area contributed by atoms with Crippen LogP contribution in [0.1, 0.15) is 45.9 Å². The van der Waals surface area contributed by atoms with Crippen molar-refractivity contribution in [3.05, 3.63) is 23.5 Å². The van der Waals surface area contributed by atoms with Crippen LogP contribution in [0.15, 0.2) is 22.8 Å². The SMILES string of the molecule is C=N/C(=C(\C)CC)c1ccnn1C(C)C. The van der Waals surface area contributed by atoms with E-state index in [2.05, 4.69) is 44.5 Å². The second-order valence-electron chi connectivity index (χ2n) is 3.90. The molecule has 0 spiro atoms. The fourth-order valence-electron chi connectivity index (χ4n) is 1.52. The third-order valence-corrected chi connectivity index (χ3v) is 2.49. The highest BCUT2D eigenvalue weighted by Gasteiger charge is 2.11. The van der Waals surface area contributed by atoms with Crippen molar-refractivity contribution >= 4 is 12.4 Å². The summed E-state index contributed by atoms with van der Waals surface area (Å²) in [6.07, 6.45) is 2.79. The predicted octanol–water partition coefficient (Wildman–Crippen LogP) is 3.31. The average molecular weight is 205 g/mol. The summed E-state index contributed by atoms with van der Waals surface area (Å²) in [5.41, 5.74) is 3.26. The van der Waals surface area contributed by atoms with Crippen molar-refractivity contribution in [2.75, 3.05) is 0 Å². The van der Waals surface area contributed by atoms with Crippen LogP contribution in [0.5, 0.6) is 0 Å². The second kappa shape index (κ2) is 4.91. The quantitative estimate of drug-likeness (QED) is 0.693. The van der Waals surface area contributed by atoms with Crippen molar-refractivity contribution in [1.29, 1.82) is 0 Å².